The molecule has 0 N–H and O–H groups in total. The van der Waals surface area contributed by atoms with Gasteiger partial charge in [-0.1, -0.05) is 35.9 Å². The first kappa shape index (κ1) is 20.5. The van der Waals surface area contributed by atoms with E-state index in [2.05, 4.69) is 51.1 Å². The molecule has 0 spiro atoms. The summed E-state index contributed by atoms with van der Waals surface area (Å²) in [6.45, 7) is 6.37. The van der Waals surface area contributed by atoms with Crippen molar-refractivity contribution in [2.75, 3.05) is 0 Å². The number of benzene rings is 3. The van der Waals surface area contributed by atoms with E-state index in [1.807, 2.05) is 47.1 Å². The van der Waals surface area contributed by atoms with E-state index in [4.69, 9.17) is 10.1 Å². The molecule has 4 rings (SSSR count). The number of aryl methyl sites for hydroxylation is 3. The van der Waals surface area contributed by atoms with E-state index >= 15 is 0 Å². The quantitative estimate of drug-likeness (QED) is 0.294. The molecule has 0 bridgehead atoms. The summed E-state index contributed by atoms with van der Waals surface area (Å²) in [4.78, 5) is 5.96. The Labute approximate surface area is 183 Å². The van der Waals surface area contributed by atoms with E-state index in [1.54, 1.807) is 11.8 Å². The van der Waals surface area contributed by atoms with E-state index in [1.165, 1.54) is 16.7 Å². The van der Waals surface area contributed by atoms with Gasteiger partial charge in [-0.25, -0.2) is 0 Å². The van der Waals surface area contributed by atoms with Gasteiger partial charge in [0.15, 0.2) is 0 Å². The minimum Gasteiger partial charge on any atom is -0.252 e. The molecule has 3 aromatic carbocycles. The molecule has 1 heterocycles. The zero-order chi connectivity index (χ0) is 18.8. The predicted molar refractivity (Wildman–Crippen MR) is 110 cm³/mol. The van der Waals surface area contributed by atoms with Crippen LogP contribution in [0.3, 0.4) is 0 Å². The predicted octanol–water partition coefficient (Wildman–Crippen LogP) is 5.81. The van der Waals surface area contributed by atoms with Crippen LogP contribution in [-0.2, 0) is 20.1 Å². The number of aromatic nitrogens is 3. The monoisotopic (exact) mass is 563 g/mol. The first-order chi connectivity index (χ1) is 13.1. The number of hydrogen-bond donors (Lipinski definition) is 0. The summed E-state index contributed by atoms with van der Waals surface area (Å²) in [7, 11) is 0. The Kier molecular flexibility index (Phi) is 6.50. The van der Waals surface area contributed by atoms with E-state index in [-0.39, 0.29) is 20.1 Å². The van der Waals surface area contributed by atoms with Crippen molar-refractivity contribution in [3.05, 3.63) is 89.5 Å². The van der Waals surface area contributed by atoms with E-state index in [0.29, 0.717) is 0 Å². The summed E-state index contributed by atoms with van der Waals surface area (Å²) >= 11 is 1.57. The molecule has 0 unspecified atom stereocenters. The Bertz CT molecular complexity index is 1050. The molecule has 0 fully saturated rings. The van der Waals surface area contributed by atoms with Gasteiger partial charge in [-0.15, -0.1) is 41.0 Å². The second kappa shape index (κ2) is 8.87. The Morgan fingerprint density at radius 2 is 1.57 bits per heavy atom. The Balaban J connectivity index is 0.00000225. The van der Waals surface area contributed by atoms with Gasteiger partial charge in [0.25, 0.3) is 0 Å². The maximum absolute atomic E-state index is 4.85. The SMILES string of the molecule is Cc1cc(C)c(-n2nc(Sc3ccccc3)nc2-c2[c-]cccc2)c(C)c1.[Ir]. The maximum atomic E-state index is 4.85. The minimum absolute atomic E-state index is 0. The fraction of sp³-hybridized carbons (Fsp3) is 0.130. The van der Waals surface area contributed by atoms with Crippen LogP contribution < -0.4 is 0 Å². The van der Waals surface area contributed by atoms with Crippen molar-refractivity contribution in [2.24, 2.45) is 0 Å². The molecule has 143 valence electrons. The standard InChI is InChI=1S/C23H20N3S.Ir/c1-16-14-17(2)21(18(3)15-16)26-22(19-10-6-4-7-11-19)24-23(25-26)27-20-12-8-5-9-13-20;/h4-10,12-15H,1-3H3;/q-1;. The number of rotatable bonds is 4. The normalized spacial score (nSPS) is 10.5. The van der Waals surface area contributed by atoms with Crippen LogP contribution >= 0.6 is 11.8 Å². The van der Waals surface area contributed by atoms with Gasteiger partial charge in [-0.2, -0.15) is 0 Å². The van der Waals surface area contributed by atoms with Crippen molar-refractivity contribution < 1.29 is 20.1 Å². The third kappa shape index (κ3) is 4.27. The molecule has 3 nitrogen and oxygen atoms in total. The Morgan fingerprint density at radius 1 is 0.893 bits per heavy atom. The van der Waals surface area contributed by atoms with Crippen LogP contribution in [0.1, 0.15) is 16.7 Å². The molecule has 0 atom stereocenters. The smallest absolute Gasteiger partial charge is 0.204 e. The van der Waals surface area contributed by atoms with Crippen LogP contribution in [-0.4, -0.2) is 14.8 Å². The summed E-state index contributed by atoms with van der Waals surface area (Å²) < 4.78 is 1.96. The summed E-state index contributed by atoms with van der Waals surface area (Å²) in [5, 5.41) is 5.58. The van der Waals surface area contributed by atoms with Gasteiger partial charge in [-0.05, 0) is 55.8 Å². The van der Waals surface area contributed by atoms with Crippen molar-refractivity contribution in [2.45, 2.75) is 30.8 Å². The van der Waals surface area contributed by atoms with E-state index in [9.17, 15) is 0 Å². The molecule has 5 heteroatoms. The average molecular weight is 563 g/mol. The molecule has 0 saturated carbocycles. The van der Waals surface area contributed by atoms with Crippen LogP contribution in [0.4, 0.5) is 0 Å². The second-order valence-electron chi connectivity index (χ2n) is 6.57. The molecule has 0 aliphatic rings. The molecular formula is C23H20IrN3S-. The minimum atomic E-state index is 0. The fourth-order valence-corrected chi connectivity index (χ4v) is 4.06. The largest absolute Gasteiger partial charge is 0.252 e. The van der Waals surface area contributed by atoms with Crippen LogP contribution in [0.15, 0.2) is 76.8 Å². The topological polar surface area (TPSA) is 30.7 Å². The summed E-state index contributed by atoms with van der Waals surface area (Å²) in [5.74, 6) is 0.809. The summed E-state index contributed by atoms with van der Waals surface area (Å²) in [6, 6.07) is 25.8. The zero-order valence-electron chi connectivity index (χ0n) is 15.9. The molecule has 1 radical (unpaired) electrons. The van der Waals surface area contributed by atoms with Crippen LogP contribution in [0.5, 0.6) is 0 Å². The third-order valence-corrected chi connectivity index (χ3v) is 5.20. The first-order valence-corrected chi connectivity index (χ1v) is 9.69. The summed E-state index contributed by atoms with van der Waals surface area (Å²) in [6.07, 6.45) is 0. The van der Waals surface area contributed by atoms with Crippen molar-refractivity contribution in [3.63, 3.8) is 0 Å². The average Bonchev–Trinajstić information content (AvgIpc) is 3.06. The van der Waals surface area contributed by atoms with Gasteiger partial charge in [0.2, 0.25) is 5.16 Å². The fourth-order valence-electron chi connectivity index (χ4n) is 3.30. The molecule has 0 aliphatic carbocycles. The van der Waals surface area contributed by atoms with Crippen molar-refractivity contribution >= 4 is 11.8 Å². The zero-order valence-corrected chi connectivity index (χ0v) is 19.1. The molecule has 28 heavy (non-hydrogen) atoms. The summed E-state index contributed by atoms with van der Waals surface area (Å²) in [5.41, 5.74) is 5.64. The van der Waals surface area contributed by atoms with Gasteiger partial charge >= 0.3 is 0 Å². The van der Waals surface area contributed by atoms with Crippen molar-refractivity contribution in [1.82, 2.24) is 14.8 Å². The van der Waals surface area contributed by atoms with Crippen LogP contribution in [0.2, 0.25) is 0 Å². The Morgan fingerprint density at radius 3 is 2.21 bits per heavy atom. The molecular weight excluding hydrogens is 543 g/mol. The van der Waals surface area contributed by atoms with Gasteiger partial charge in [-0.3, -0.25) is 9.67 Å². The van der Waals surface area contributed by atoms with E-state index in [0.717, 1.165) is 27.1 Å². The van der Waals surface area contributed by atoms with Crippen molar-refractivity contribution in [3.8, 4) is 17.1 Å². The molecule has 1 aromatic heterocycles. The number of hydrogen-bond acceptors (Lipinski definition) is 3. The van der Waals surface area contributed by atoms with Crippen LogP contribution in [0.25, 0.3) is 17.1 Å². The maximum Gasteiger partial charge on any atom is 0.204 e. The molecule has 0 amide bonds. The Hall–Kier alpha value is -2.20. The molecule has 0 aliphatic heterocycles. The molecule has 4 aromatic rings. The van der Waals surface area contributed by atoms with Gasteiger partial charge < -0.3 is 0 Å². The second-order valence-corrected chi connectivity index (χ2v) is 7.61. The van der Waals surface area contributed by atoms with Crippen molar-refractivity contribution in [1.29, 1.82) is 0 Å². The van der Waals surface area contributed by atoms with E-state index < -0.39 is 0 Å². The van der Waals surface area contributed by atoms with Crippen LogP contribution in [0, 0.1) is 26.8 Å². The van der Waals surface area contributed by atoms with Gasteiger partial charge in [0.1, 0.15) is 0 Å². The first-order valence-electron chi connectivity index (χ1n) is 8.87. The third-order valence-electron chi connectivity index (χ3n) is 4.34. The van der Waals surface area contributed by atoms with Gasteiger partial charge in [0.05, 0.1) is 11.5 Å². The van der Waals surface area contributed by atoms with Gasteiger partial charge in [0, 0.05) is 25.0 Å². The number of nitrogens with zero attached hydrogens (tertiary/aromatic N) is 3. The molecule has 0 saturated heterocycles.